The van der Waals surface area contributed by atoms with Crippen molar-refractivity contribution in [1.82, 2.24) is 20.2 Å². The van der Waals surface area contributed by atoms with Gasteiger partial charge >= 0.3 is 0 Å². The highest BCUT2D eigenvalue weighted by atomic mass is 15.2. The molecule has 0 saturated heterocycles. The van der Waals surface area contributed by atoms with Gasteiger partial charge in [0.2, 0.25) is 0 Å². The minimum Gasteiger partial charge on any atom is -0.357 e. The molecular formula is C18H33N5. The molecule has 5 heteroatoms. The van der Waals surface area contributed by atoms with Gasteiger partial charge in [-0.1, -0.05) is 33.6 Å². The first-order valence-corrected chi connectivity index (χ1v) is 9.13. The van der Waals surface area contributed by atoms with Crippen LogP contribution in [0.2, 0.25) is 0 Å². The predicted octanol–water partition coefficient (Wildman–Crippen LogP) is 3.17. The van der Waals surface area contributed by atoms with Crippen molar-refractivity contribution < 1.29 is 0 Å². The van der Waals surface area contributed by atoms with E-state index in [-0.39, 0.29) is 0 Å². The standard InChI is InChI=1S/C18H33N5/c1-5-19-18(22-16-8-6-7-15(4)11-16)21-12-17-20-9-10-23(17)13-14(2)3/h9-10,14-16H,5-8,11-13H2,1-4H3,(H2,19,21,22). The molecule has 5 nitrogen and oxygen atoms in total. The van der Waals surface area contributed by atoms with Crippen molar-refractivity contribution in [3.8, 4) is 0 Å². The topological polar surface area (TPSA) is 54.2 Å². The number of aromatic nitrogens is 2. The Labute approximate surface area is 141 Å². The van der Waals surface area contributed by atoms with Gasteiger partial charge in [0.25, 0.3) is 0 Å². The third-order valence-electron chi connectivity index (χ3n) is 4.36. The summed E-state index contributed by atoms with van der Waals surface area (Å²) in [6.07, 6.45) is 9.09. The van der Waals surface area contributed by atoms with Gasteiger partial charge in [-0.2, -0.15) is 0 Å². The molecule has 0 radical (unpaired) electrons. The van der Waals surface area contributed by atoms with Gasteiger partial charge in [-0.15, -0.1) is 0 Å². The molecule has 2 rings (SSSR count). The molecule has 2 unspecified atom stereocenters. The highest BCUT2D eigenvalue weighted by Gasteiger charge is 2.19. The average molecular weight is 319 g/mol. The van der Waals surface area contributed by atoms with E-state index in [1.165, 1.54) is 25.7 Å². The van der Waals surface area contributed by atoms with Crippen LogP contribution < -0.4 is 10.6 Å². The SMILES string of the molecule is CCNC(=NCc1nccn1CC(C)C)NC1CCCC(C)C1. The molecule has 23 heavy (non-hydrogen) atoms. The first-order valence-electron chi connectivity index (χ1n) is 9.13. The summed E-state index contributed by atoms with van der Waals surface area (Å²) in [5, 5.41) is 6.98. The number of hydrogen-bond donors (Lipinski definition) is 2. The lowest BCUT2D eigenvalue weighted by molar-refractivity contribution is 0.324. The Hall–Kier alpha value is -1.52. The van der Waals surface area contributed by atoms with Gasteiger partial charge < -0.3 is 15.2 Å². The molecule has 2 N–H and O–H groups in total. The first-order chi connectivity index (χ1) is 11.1. The zero-order valence-electron chi connectivity index (χ0n) is 15.2. The minimum absolute atomic E-state index is 0.548. The molecule has 1 aromatic rings. The average Bonchev–Trinajstić information content (AvgIpc) is 2.91. The summed E-state index contributed by atoms with van der Waals surface area (Å²) in [5.41, 5.74) is 0. The number of hydrogen-bond acceptors (Lipinski definition) is 2. The van der Waals surface area contributed by atoms with Crippen molar-refractivity contribution in [2.45, 2.75) is 72.5 Å². The zero-order chi connectivity index (χ0) is 16.7. The molecule has 0 amide bonds. The number of aliphatic imine (C=N–C) groups is 1. The van der Waals surface area contributed by atoms with Gasteiger partial charge in [0.1, 0.15) is 12.4 Å². The van der Waals surface area contributed by atoms with Crippen LogP contribution in [0.5, 0.6) is 0 Å². The maximum Gasteiger partial charge on any atom is 0.191 e. The molecule has 0 aliphatic heterocycles. The summed E-state index contributed by atoms with van der Waals surface area (Å²) >= 11 is 0. The summed E-state index contributed by atoms with van der Waals surface area (Å²) in [6, 6.07) is 0.548. The molecule has 1 heterocycles. The largest absolute Gasteiger partial charge is 0.357 e. The van der Waals surface area contributed by atoms with Gasteiger partial charge in [0.05, 0.1) is 0 Å². The van der Waals surface area contributed by atoms with Gasteiger partial charge in [-0.25, -0.2) is 9.98 Å². The van der Waals surface area contributed by atoms with Gasteiger partial charge in [-0.3, -0.25) is 0 Å². The minimum atomic E-state index is 0.548. The summed E-state index contributed by atoms with van der Waals surface area (Å²) in [6.45, 7) is 11.4. The van der Waals surface area contributed by atoms with Crippen LogP contribution >= 0.6 is 0 Å². The second-order valence-corrected chi connectivity index (χ2v) is 7.20. The number of nitrogens with one attached hydrogen (secondary N) is 2. The molecule has 1 aliphatic rings. The van der Waals surface area contributed by atoms with Crippen LogP contribution in [0.1, 0.15) is 59.2 Å². The molecule has 130 valence electrons. The molecule has 2 atom stereocenters. The lowest BCUT2D eigenvalue weighted by Gasteiger charge is -2.28. The van der Waals surface area contributed by atoms with Crippen LogP contribution in [-0.4, -0.2) is 28.1 Å². The van der Waals surface area contributed by atoms with Crippen LogP contribution in [0.4, 0.5) is 0 Å². The van der Waals surface area contributed by atoms with Crippen molar-refractivity contribution in [2.75, 3.05) is 6.54 Å². The molecule has 1 fully saturated rings. The number of rotatable bonds is 6. The summed E-state index contributed by atoms with van der Waals surface area (Å²) in [7, 11) is 0. The van der Waals surface area contributed by atoms with Gasteiger partial charge in [0.15, 0.2) is 5.96 Å². The van der Waals surface area contributed by atoms with Crippen molar-refractivity contribution in [3.63, 3.8) is 0 Å². The van der Waals surface area contributed by atoms with Crippen molar-refractivity contribution >= 4 is 5.96 Å². The van der Waals surface area contributed by atoms with E-state index in [0.29, 0.717) is 18.5 Å². The van der Waals surface area contributed by atoms with Crippen molar-refractivity contribution in [2.24, 2.45) is 16.8 Å². The third kappa shape index (κ3) is 5.88. The maximum atomic E-state index is 4.75. The summed E-state index contributed by atoms with van der Waals surface area (Å²) < 4.78 is 2.21. The molecule has 1 aliphatic carbocycles. The summed E-state index contributed by atoms with van der Waals surface area (Å²) in [4.78, 5) is 9.21. The van der Waals surface area contributed by atoms with Crippen LogP contribution in [-0.2, 0) is 13.1 Å². The molecule has 0 spiro atoms. The van der Waals surface area contributed by atoms with E-state index in [1.54, 1.807) is 0 Å². The molecule has 0 bridgehead atoms. The van der Waals surface area contributed by atoms with Crippen LogP contribution in [0.15, 0.2) is 17.4 Å². The quantitative estimate of drug-likeness (QED) is 0.625. The van der Waals surface area contributed by atoms with E-state index in [1.807, 2.05) is 12.4 Å². The number of imidazole rings is 1. The van der Waals surface area contributed by atoms with Gasteiger partial charge in [-0.05, 0) is 31.6 Å². The second kappa shape index (κ2) is 8.94. The Balaban J connectivity index is 1.97. The Morgan fingerprint density at radius 1 is 1.43 bits per heavy atom. The van der Waals surface area contributed by atoms with E-state index in [4.69, 9.17) is 4.99 Å². The molecule has 1 aromatic heterocycles. The van der Waals surface area contributed by atoms with Crippen molar-refractivity contribution in [3.05, 3.63) is 18.2 Å². The van der Waals surface area contributed by atoms with E-state index in [0.717, 1.165) is 30.8 Å². The Morgan fingerprint density at radius 2 is 2.26 bits per heavy atom. The summed E-state index contributed by atoms with van der Waals surface area (Å²) in [5.74, 6) is 3.38. The smallest absolute Gasteiger partial charge is 0.191 e. The Bertz CT molecular complexity index is 491. The lowest BCUT2D eigenvalue weighted by Crippen LogP contribution is -2.45. The predicted molar refractivity (Wildman–Crippen MR) is 96.4 cm³/mol. The second-order valence-electron chi connectivity index (χ2n) is 7.20. The van der Waals surface area contributed by atoms with Crippen LogP contribution in [0, 0.1) is 11.8 Å². The normalized spacial score (nSPS) is 22.4. The van der Waals surface area contributed by atoms with E-state index < -0.39 is 0 Å². The highest BCUT2D eigenvalue weighted by molar-refractivity contribution is 5.80. The fraction of sp³-hybridized carbons (Fsp3) is 0.778. The zero-order valence-corrected chi connectivity index (χ0v) is 15.2. The van der Waals surface area contributed by atoms with Crippen LogP contribution in [0.25, 0.3) is 0 Å². The molecule has 0 aromatic carbocycles. The first kappa shape index (κ1) is 17.8. The van der Waals surface area contributed by atoms with E-state index in [9.17, 15) is 0 Å². The third-order valence-corrected chi connectivity index (χ3v) is 4.36. The van der Waals surface area contributed by atoms with Gasteiger partial charge in [0, 0.05) is 31.5 Å². The Kier molecular flexibility index (Phi) is 6.93. The number of guanidine groups is 1. The van der Waals surface area contributed by atoms with E-state index in [2.05, 4.69) is 47.9 Å². The number of nitrogens with zero attached hydrogens (tertiary/aromatic N) is 3. The van der Waals surface area contributed by atoms with E-state index >= 15 is 0 Å². The lowest BCUT2D eigenvalue weighted by atomic mass is 9.87. The fourth-order valence-electron chi connectivity index (χ4n) is 3.28. The highest BCUT2D eigenvalue weighted by Crippen LogP contribution is 2.23. The molecular weight excluding hydrogens is 286 g/mol. The fourth-order valence-corrected chi connectivity index (χ4v) is 3.28. The van der Waals surface area contributed by atoms with Crippen LogP contribution in [0.3, 0.4) is 0 Å². The van der Waals surface area contributed by atoms with Crippen molar-refractivity contribution in [1.29, 1.82) is 0 Å². The maximum absolute atomic E-state index is 4.75. The molecule has 1 saturated carbocycles. The monoisotopic (exact) mass is 319 g/mol. The Morgan fingerprint density at radius 3 is 2.96 bits per heavy atom.